The van der Waals surface area contributed by atoms with E-state index in [-0.39, 0.29) is 37.8 Å². The van der Waals surface area contributed by atoms with E-state index in [4.69, 9.17) is 0 Å². The number of rotatable bonds is 1. The number of fused-ring (bicyclic) bond motifs is 1. The normalized spacial score (nSPS) is 25.9. The highest BCUT2D eigenvalue weighted by Gasteiger charge is 2.39. The number of carbonyl (C=O) groups excluding carboxylic acids is 1. The zero-order chi connectivity index (χ0) is 14.2. The Bertz CT molecular complexity index is 494. The first kappa shape index (κ1) is 13.4. The van der Waals surface area contributed by atoms with Crippen LogP contribution < -0.4 is 0 Å². The van der Waals surface area contributed by atoms with Crippen molar-refractivity contribution in [3.8, 4) is 0 Å². The Morgan fingerprint density at radius 2 is 1.95 bits per heavy atom. The average Bonchev–Trinajstić information content (AvgIpc) is 2.78. The van der Waals surface area contributed by atoms with E-state index in [9.17, 15) is 13.6 Å². The van der Waals surface area contributed by atoms with Gasteiger partial charge in [0.05, 0.1) is 5.92 Å². The molecule has 3 rings (SSSR count). The number of amides is 1. The number of alkyl halides is 2. The molecule has 0 radical (unpaired) electrons. The van der Waals surface area contributed by atoms with Gasteiger partial charge in [0.2, 0.25) is 5.91 Å². The fourth-order valence-corrected chi connectivity index (χ4v) is 2.87. The van der Waals surface area contributed by atoms with Crippen LogP contribution in [0.1, 0.15) is 43.8 Å². The first-order chi connectivity index (χ1) is 9.57. The fourth-order valence-electron chi connectivity index (χ4n) is 2.87. The van der Waals surface area contributed by atoms with E-state index in [0.717, 1.165) is 12.8 Å². The number of tetrazole rings is 1. The summed E-state index contributed by atoms with van der Waals surface area (Å²) in [5, 5.41) is 11.4. The summed E-state index contributed by atoms with van der Waals surface area (Å²) in [5.41, 5.74) is 0. The Kier molecular flexibility index (Phi) is 3.39. The number of piperidine rings is 1. The fraction of sp³-hybridized carbons (Fsp3) is 0.833. The van der Waals surface area contributed by atoms with Crippen LogP contribution >= 0.6 is 0 Å². The van der Waals surface area contributed by atoms with E-state index >= 15 is 0 Å². The van der Waals surface area contributed by atoms with Crippen molar-refractivity contribution in [1.29, 1.82) is 0 Å². The Labute approximate surface area is 115 Å². The summed E-state index contributed by atoms with van der Waals surface area (Å²) < 4.78 is 28.0. The summed E-state index contributed by atoms with van der Waals surface area (Å²) in [6.45, 7) is 0.942. The van der Waals surface area contributed by atoms with E-state index in [1.165, 1.54) is 4.90 Å². The standard InChI is InChI=1S/C12H17F2N5O/c13-12(14)4-7-18(8-5-12)11(20)9-3-1-2-6-19-10(9)15-16-17-19/h9H,1-8H2/t9-/m0/s1. The van der Waals surface area contributed by atoms with Crippen LogP contribution in [0.4, 0.5) is 8.78 Å². The predicted octanol–water partition coefficient (Wildman–Crippen LogP) is 1.20. The Hall–Kier alpha value is -1.60. The zero-order valence-corrected chi connectivity index (χ0v) is 11.1. The van der Waals surface area contributed by atoms with Crippen molar-refractivity contribution in [1.82, 2.24) is 25.1 Å². The lowest BCUT2D eigenvalue weighted by molar-refractivity contribution is -0.139. The quantitative estimate of drug-likeness (QED) is 0.777. The van der Waals surface area contributed by atoms with Gasteiger partial charge < -0.3 is 4.90 Å². The van der Waals surface area contributed by atoms with E-state index in [1.807, 2.05) is 0 Å². The van der Waals surface area contributed by atoms with Crippen molar-refractivity contribution < 1.29 is 13.6 Å². The largest absolute Gasteiger partial charge is 0.342 e. The van der Waals surface area contributed by atoms with Gasteiger partial charge in [0.25, 0.3) is 5.92 Å². The minimum absolute atomic E-state index is 0.113. The van der Waals surface area contributed by atoms with E-state index in [2.05, 4.69) is 15.5 Å². The third-order valence-corrected chi connectivity index (χ3v) is 4.09. The first-order valence-corrected chi connectivity index (χ1v) is 6.99. The number of likely N-dealkylation sites (tertiary alicyclic amines) is 1. The SMILES string of the molecule is O=C([C@H]1CCCCn2nnnc21)N1CCC(F)(F)CC1. The lowest BCUT2D eigenvalue weighted by Gasteiger charge is -2.33. The first-order valence-electron chi connectivity index (χ1n) is 6.99. The van der Waals surface area contributed by atoms with Gasteiger partial charge in [0.15, 0.2) is 5.82 Å². The molecular formula is C12H17F2N5O. The Balaban J connectivity index is 1.75. The minimum atomic E-state index is -2.64. The highest BCUT2D eigenvalue weighted by atomic mass is 19.3. The van der Waals surface area contributed by atoms with Gasteiger partial charge in [-0.15, -0.1) is 5.10 Å². The van der Waals surface area contributed by atoms with Crippen molar-refractivity contribution in [2.24, 2.45) is 0 Å². The molecule has 8 heteroatoms. The summed E-state index contributed by atoms with van der Waals surface area (Å²) in [6.07, 6.45) is 2.02. The van der Waals surface area contributed by atoms with Gasteiger partial charge in [-0.1, -0.05) is 6.42 Å². The van der Waals surface area contributed by atoms with E-state index in [1.54, 1.807) is 4.68 Å². The molecule has 1 aromatic heterocycles. The number of halogens is 2. The van der Waals surface area contributed by atoms with Crippen LogP contribution in [0.15, 0.2) is 0 Å². The van der Waals surface area contributed by atoms with Gasteiger partial charge >= 0.3 is 0 Å². The zero-order valence-electron chi connectivity index (χ0n) is 11.1. The molecule has 6 nitrogen and oxygen atoms in total. The molecule has 1 aromatic rings. The smallest absolute Gasteiger partial charge is 0.251 e. The topological polar surface area (TPSA) is 63.9 Å². The molecular weight excluding hydrogens is 268 g/mol. The average molecular weight is 285 g/mol. The van der Waals surface area contributed by atoms with E-state index < -0.39 is 5.92 Å². The second-order valence-corrected chi connectivity index (χ2v) is 5.49. The molecule has 3 heterocycles. The Morgan fingerprint density at radius 3 is 2.70 bits per heavy atom. The number of aromatic nitrogens is 4. The molecule has 1 atom stereocenters. The molecule has 2 aliphatic heterocycles. The summed E-state index contributed by atoms with van der Waals surface area (Å²) in [5.74, 6) is -2.57. The monoisotopic (exact) mass is 285 g/mol. The van der Waals surface area contributed by atoms with Crippen molar-refractivity contribution in [2.75, 3.05) is 13.1 Å². The van der Waals surface area contributed by atoms with Gasteiger partial charge in [-0.05, 0) is 23.3 Å². The molecule has 0 spiro atoms. The lowest BCUT2D eigenvalue weighted by atomic mass is 9.98. The number of aryl methyl sites for hydroxylation is 1. The molecule has 0 aromatic carbocycles. The van der Waals surface area contributed by atoms with E-state index in [0.29, 0.717) is 18.8 Å². The summed E-state index contributed by atoms with van der Waals surface area (Å²) in [4.78, 5) is 14.1. The second kappa shape index (κ2) is 5.06. The molecule has 2 aliphatic rings. The van der Waals surface area contributed by atoms with Crippen LogP contribution in [-0.2, 0) is 11.3 Å². The van der Waals surface area contributed by atoms with Gasteiger partial charge in [0, 0.05) is 32.5 Å². The molecule has 1 fully saturated rings. The molecule has 0 aliphatic carbocycles. The molecule has 20 heavy (non-hydrogen) atoms. The number of nitrogens with zero attached hydrogens (tertiary/aromatic N) is 5. The highest BCUT2D eigenvalue weighted by Crippen LogP contribution is 2.31. The van der Waals surface area contributed by atoms with Crippen LogP contribution in [0.5, 0.6) is 0 Å². The third kappa shape index (κ3) is 2.51. The van der Waals surface area contributed by atoms with Gasteiger partial charge in [0.1, 0.15) is 0 Å². The highest BCUT2D eigenvalue weighted by molar-refractivity contribution is 5.83. The van der Waals surface area contributed by atoms with Crippen molar-refractivity contribution in [3.05, 3.63) is 5.82 Å². The van der Waals surface area contributed by atoms with Crippen LogP contribution in [0.3, 0.4) is 0 Å². The maximum atomic E-state index is 13.2. The maximum Gasteiger partial charge on any atom is 0.251 e. The van der Waals surface area contributed by atoms with Gasteiger partial charge in [-0.3, -0.25) is 4.79 Å². The number of carbonyl (C=O) groups is 1. The minimum Gasteiger partial charge on any atom is -0.342 e. The number of hydrogen-bond acceptors (Lipinski definition) is 4. The van der Waals surface area contributed by atoms with Crippen LogP contribution in [0.25, 0.3) is 0 Å². The summed E-state index contributed by atoms with van der Waals surface area (Å²) >= 11 is 0. The summed E-state index contributed by atoms with van der Waals surface area (Å²) in [6, 6.07) is 0. The molecule has 1 amide bonds. The molecule has 0 bridgehead atoms. The Morgan fingerprint density at radius 1 is 1.20 bits per heavy atom. The third-order valence-electron chi connectivity index (χ3n) is 4.09. The van der Waals surface area contributed by atoms with Crippen molar-refractivity contribution >= 4 is 5.91 Å². The van der Waals surface area contributed by atoms with Crippen LogP contribution in [0.2, 0.25) is 0 Å². The van der Waals surface area contributed by atoms with Crippen LogP contribution in [-0.4, -0.2) is 50.0 Å². The molecule has 0 unspecified atom stereocenters. The second-order valence-electron chi connectivity index (χ2n) is 5.49. The molecule has 0 saturated carbocycles. The lowest BCUT2D eigenvalue weighted by Crippen LogP contribution is -2.44. The molecule has 1 saturated heterocycles. The molecule has 0 N–H and O–H groups in total. The maximum absolute atomic E-state index is 13.2. The van der Waals surface area contributed by atoms with Crippen molar-refractivity contribution in [2.45, 2.75) is 50.5 Å². The molecule has 110 valence electrons. The predicted molar refractivity (Wildman–Crippen MR) is 65.2 cm³/mol. The summed E-state index contributed by atoms with van der Waals surface area (Å²) in [7, 11) is 0. The van der Waals surface area contributed by atoms with Crippen LogP contribution in [0, 0.1) is 0 Å². The van der Waals surface area contributed by atoms with Gasteiger partial charge in [-0.2, -0.15) is 0 Å². The van der Waals surface area contributed by atoms with Gasteiger partial charge in [-0.25, -0.2) is 13.5 Å². The number of hydrogen-bond donors (Lipinski definition) is 0. The van der Waals surface area contributed by atoms with Crippen molar-refractivity contribution in [3.63, 3.8) is 0 Å².